The Balaban J connectivity index is 2.04. The van der Waals surface area contributed by atoms with Gasteiger partial charge in [0.05, 0.1) is 5.56 Å². The molecule has 0 bridgehead atoms. The van der Waals surface area contributed by atoms with Crippen LogP contribution in [0.5, 0.6) is 0 Å². The van der Waals surface area contributed by atoms with Gasteiger partial charge >= 0.3 is 0 Å². The summed E-state index contributed by atoms with van der Waals surface area (Å²) in [6.07, 6.45) is 1.23. The van der Waals surface area contributed by atoms with Gasteiger partial charge in [0, 0.05) is 23.7 Å². The first-order valence-electron chi connectivity index (χ1n) is 6.50. The first kappa shape index (κ1) is 12.9. The van der Waals surface area contributed by atoms with Gasteiger partial charge in [0.1, 0.15) is 15.8 Å². The molecule has 0 aromatic carbocycles. The zero-order valence-electron chi connectivity index (χ0n) is 11.4. The molecule has 1 fully saturated rings. The Morgan fingerprint density at radius 1 is 1.42 bits per heavy atom. The maximum absolute atomic E-state index is 6.07. The first-order valence-corrected chi connectivity index (χ1v) is 8.16. The maximum Gasteiger partial charge on any atom is 0.149 e. The predicted octanol–water partition coefficient (Wildman–Crippen LogP) is 3.39. The van der Waals surface area contributed by atoms with Crippen LogP contribution in [0.3, 0.4) is 0 Å². The molecule has 0 saturated carbocycles. The highest BCUT2D eigenvalue weighted by molar-refractivity contribution is 7.15. The highest BCUT2D eigenvalue weighted by Gasteiger charge is 2.31. The predicted molar refractivity (Wildman–Crippen MR) is 83.0 cm³/mol. The topological polar surface area (TPSA) is 55.0 Å². The fourth-order valence-electron chi connectivity index (χ4n) is 2.74. The molecule has 2 aromatic rings. The largest absolute Gasteiger partial charge is 0.382 e. The summed E-state index contributed by atoms with van der Waals surface area (Å²) in [6.45, 7) is 7.67. The second-order valence-electron chi connectivity index (χ2n) is 5.38. The van der Waals surface area contributed by atoms with Crippen LogP contribution in [0.4, 0.5) is 10.8 Å². The van der Waals surface area contributed by atoms with Crippen molar-refractivity contribution in [3.63, 3.8) is 0 Å². The van der Waals surface area contributed by atoms with Gasteiger partial charge in [-0.25, -0.2) is 4.98 Å². The monoisotopic (exact) mass is 294 g/mol. The molecule has 6 heteroatoms. The summed E-state index contributed by atoms with van der Waals surface area (Å²) in [6, 6.07) is 0.551. The Morgan fingerprint density at radius 2 is 2.21 bits per heavy atom. The summed E-state index contributed by atoms with van der Waals surface area (Å²) in [7, 11) is 0. The fourth-order valence-corrected chi connectivity index (χ4v) is 4.59. The van der Waals surface area contributed by atoms with Crippen LogP contribution in [0.25, 0.3) is 10.6 Å². The zero-order valence-corrected chi connectivity index (χ0v) is 13.0. The maximum atomic E-state index is 6.07. The Morgan fingerprint density at radius 3 is 2.79 bits per heavy atom. The van der Waals surface area contributed by atoms with Gasteiger partial charge in [-0.15, -0.1) is 11.3 Å². The van der Waals surface area contributed by atoms with Crippen LogP contribution in [0, 0.1) is 12.8 Å². The molecule has 2 atom stereocenters. The molecule has 1 saturated heterocycles. The van der Waals surface area contributed by atoms with E-state index in [0.717, 1.165) is 28.7 Å². The molecule has 2 unspecified atom stereocenters. The number of nitrogen functional groups attached to an aromatic ring is 1. The van der Waals surface area contributed by atoms with Crippen molar-refractivity contribution in [2.24, 2.45) is 5.92 Å². The molecular weight excluding hydrogens is 276 g/mol. The number of nitrogens with two attached hydrogens (primary N) is 1. The van der Waals surface area contributed by atoms with Crippen molar-refractivity contribution in [2.75, 3.05) is 17.2 Å². The lowest BCUT2D eigenvalue weighted by atomic mass is 10.1. The molecule has 3 heterocycles. The molecule has 19 heavy (non-hydrogen) atoms. The van der Waals surface area contributed by atoms with E-state index in [0.29, 0.717) is 11.9 Å². The quantitative estimate of drug-likeness (QED) is 0.922. The van der Waals surface area contributed by atoms with Crippen molar-refractivity contribution in [1.29, 1.82) is 0 Å². The second kappa shape index (κ2) is 4.76. The Labute approximate surface area is 121 Å². The number of hydrogen-bond acceptors (Lipinski definition) is 6. The average molecular weight is 294 g/mol. The molecule has 0 radical (unpaired) electrons. The number of aromatic nitrogens is 2. The van der Waals surface area contributed by atoms with Crippen LogP contribution in [0.1, 0.15) is 26.0 Å². The van der Waals surface area contributed by atoms with Crippen LogP contribution >= 0.6 is 22.9 Å². The third-order valence-electron chi connectivity index (χ3n) is 3.58. The van der Waals surface area contributed by atoms with Crippen LogP contribution in [0.15, 0.2) is 5.38 Å². The van der Waals surface area contributed by atoms with E-state index in [9.17, 15) is 0 Å². The molecule has 0 aliphatic carbocycles. The third-order valence-corrected chi connectivity index (χ3v) is 5.46. The minimum atomic E-state index is 0.551. The van der Waals surface area contributed by atoms with Crippen LogP contribution in [-0.2, 0) is 0 Å². The van der Waals surface area contributed by atoms with E-state index in [2.05, 4.69) is 33.5 Å². The lowest BCUT2D eigenvalue weighted by molar-refractivity contribution is 0.625. The summed E-state index contributed by atoms with van der Waals surface area (Å²) in [5, 5.41) is 4.24. The number of hydrogen-bond donors (Lipinski definition) is 1. The van der Waals surface area contributed by atoms with Gasteiger partial charge in [0.2, 0.25) is 0 Å². The van der Waals surface area contributed by atoms with Crippen molar-refractivity contribution in [3.8, 4) is 10.6 Å². The van der Waals surface area contributed by atoms with Crippen molar-refractivity contribution in [1.82, 2.24) is 9.36 Å². The Bertz CT molecular complexity index is 589. The lowest BCUT2D eigenvalue weighted by Gasteiger charge is -2.22. The molecule has 3 rings (SSSR count). The summed E-state index contributed by atoms with van der Waals surface area (Å²) < 4.78 is 4.35. The van der Waals surface area contributed by atoms with E-state index in [1.54, 1.807) is 11.3 Å². The Hall–Kier alpha value is -1.14. The number of aryl methyl sites for hydroxylation is 1. The summed E-state index contributed by atoms with van der Waals surface area (Å²) >= 11 is 3.15. The minimum Gasteiger partial charge on any atom is -0.382 e. The van der Waals surface area contributed by atoms with Crippen molar-refractivity contribution in [2.45, 2.75) is 33.2 Å². The van der Waals surface area contributed by atoms with Crippen molar-refractivity contribution < 1.29 is 0 Å². The average Bonchev–Trinajstić information content (AvgIpc) is 2.99. The molecule has 0 amide bonds. The van der Waals surface area contributed by atoms with E-state index >= 15 is 0 Å². The summed E-state index contributed by atoms with van der Waals surface area (Å²) in [4.78, 5) is 7.00. The van der Waals surface area contributed by atoms with Gasteiger partial charge in [-0.2, -0.15) is 4.37 Å². The van der Waals surface area contributed by atoms with Gasteiger partial charge < -0.3 is 10.6 Å². The van der Waals surface area contributed by atoms with Crippen LogP contribution in [-0.4, -0.2) is 21.9 Å². The van der Waals surface area contributed by atoms with Crippen molar-refractivity contribution in [3.05, 3.63) is 11.1 Å². The highest BCUT2D eigenvalue weighted by Crippen LogP contribution is 2.43. The van der Waals surface area contributed by atoms with Crippen LogP contribution < -0.4 is 10.6 Å². The standard InChI is InChI=1S/C13H18N4S2/c1-7-4-9(3)17(5-7)13-10(11(14)16-19-13)12-15-8(2)6-18-12/h6-7,9H,4-5H2,1-3H3,(H2,14,16). The van der Waals surface area contributed by atoms with Gasteiger partial charge in [-0.05, 0) is 37.7 Å². The van der Waals surface area contributed by atoms with E-state index in [1.807, 2.05) is 6.92 Å². The fraction of sp³-hybridized carbons (Fsp3) is 0.538. The van der Waals surface area contributed by atoms with Gasteiger partial charge in [-0.3, -0.25) is 0 Å². The molecule has 2 aromatic heterocycles. The number of anilines is 2. The van der Waals surface area contributed by atoms with E-state index in [4.69, 9.17) is 5.73 Å². The molecule has 1 aliphatic heterocycles. The van der Waals surface area contributed by atoms with Crippen LogP contribution in [0.2, 0.25) is 0 Å². The van der Waals surface area contributed by atoms with Gasteiger partial charge in [-0.1, -0.05) is 6.92 Å². The minimum absolute atomic E-state index is 0.551. The number of rotatable bonds is 2. The molecule has 102 valence electrons. The summed E-state index contributed by atoms with van der Waals surface area (Å²) in [5.41, 5.74) is 8.14. The normalized spacial score (nSPS) is 23.2. The number of nitrogens with zero attached hydrogens (tertiary/aromatic N) is 3. The molecule has 0 spiro atoms. The molecule has 4 nitrogen and oxygen atoms in total. The first-order chi connectivity index (χ1) is 9.06. The smallest absolute Gasteiger partial charge is 0.149 e. The lowest BCUT2D eigenvalue weighted by Crippen LogP contribution is -2.26. The SMILES string of the molecule is Cc1csc(-c2c(N)nsc2N2CC(C)CC2C)n1. The zero-order chi connectivity index (χ0) is 13.6. The third kappa shape index (κ3) is 2.23. The molecule has 2 N–H and O–H groups in total. The highest BCUT2D eigenvalue weighted by atomic mass is 32.1. The summed E-state index contributed by atoms with van der Waals surface area (Å²) in [5.74, 6) is 1.34. The van der Waals surface area contributed by atoms with E-state index < -0.39 is 0 Å². The molecule has 1 aliphatic rings. The van der Waals surface area contributed by atoms with Gasteiger partial charge in [0.15, 0.2) is 0 Å². The van der Waals surface area contributed by atoms with Gasteiger partial charge in [0.25, 0.3) is 0 Å². The van der Waals surface area contributed by atoms with E-state index in [-0.39, 0.29) is 0 Å². The Kier molecular flexibility index (Phi) is 3.22. The van der Waals surface area contributed by atoms with E-state index in [1.165, 1.54) is 23.0 Å². The number of thiazole rings is 1. The second-order valence-corrected chi connectivity index (χ2v) is 6.99. The van der Waals surface area contributed by atoms with Crippen molar-refractivity contribution >= 4 is 33.7 Å². The molecular formula is C13H18N4S2.